The van der Waals surface area contributed by atoms with E-state index in [-0.39, 0.29) is 0 Å². The van der Waals surface area contributed by atoms with Crippen molar-refractivity contribution in [2.45, 2.75) is 26.4 Å². The first-order valence-corrected chi connectivity index (χ1v) is 6.65. The third-order valence-corrected chi connectivity index (χ3v) is 3.34. The molecule has 0 radical (unpaired) electrons. The summed E-state index contributed by atoms with van der Waals surface area (Å²) in [6.45, 7) is 5.90. The Kier molecular flexibility index (Phi) is 4.58. The molecule has 0 fully saturated rings. The molecule has 0 aliphatic rings. The van der Waals surface area contributed by atoms with Gasteiger partial charge in [0.2, 0.25) is 0 Å². The molecular formula is C15H21N3O. The van der Waals surface area contributed by atoms with Crippen molar-refractivity contribution >= 4 is 5.82 Å². The number of nitrogens with one attached hydrogen (secondary N) is 1. The van der Waals surface area contributed by atoms with Crippen LogP contribution in [0.25, 0.3) is 0 Å². The summed E-state index contributed by atoms with van der Waals surface area (Å²) >= 11 is 0. The fourth-order valence-electron chi connectivity index (χ4n) is 1.99. The van der Waals surface area contributed by atoms with Gasteiger partial charge in [0.25, 0.3) is 0 Å². The molecule has 0 spiro atoms. The minimum atomic E-state index is 0.323. The molecule has 2 heterocycles. The van der Waals surface area contributed by atoms with Crippen LogP contribution in [0.15, 0.2) is 41.1 Å². The maximum Gasteiger partial charge on any atom is 0.129 e. The zero-order chi connectivity index (χ0) is 13.7. The van der Waals surface area contributed by atoms with E-state index in [2.05, 4.69) is 35.1 Å². The minimum absolute atomic E-state index is 0.323. The molecule has 0 aliphatic carbocycles. The SMILES string of the molecule is CCN(Cc1ccco1)c1cc(C(C)NC)ccn1. The highest BCUT2D eigenvalue weighted by Crippen LogP contribution is 2.19. The molecule has 19 heavy (non-hydrogen) atoms. The van der Waals surface area contributed by atoms with Gasteiger partial charge in [-0.1, -0.05) is 0 Å². The molecule has 4 nitrogen and oxygen atoms in total. The number of nitrogens with zero attached hydrogens (tertiary/aromatic N) is 2. The normalized spacial score (nSPS) is 12.4. The van der Waals surface area contributed by atoms with Crippen LogP contribution in [0.4, 0.5) is 5.82 Å². The maximum absolute atomic E-state index is 5.40. The molecule has 0 aromatic carbocycles. The zero-order valence-corrected chi connectivity index (χ0v) is 11.8. The van der Waals surface area contributed by atoms with Crippen LogP contribution in [0.3, 0.4) is 0 Å². The van der Waals surface area contributed by atoms with Crippen molar-refractivity contribution in [3.05, 3.63) is 48.0 Å². The van der Waals surface area contributed by atoms with E-state index < -0.39 is 0 Å². The quantitative estimate of drug-likeness (QED) is 0.866. The van der Waals surface area contributed by atoms with Crippen LogP contribution in [-0.2, 0) is 6.54 Å². The van der Waals surface area contributed by atoms with Crippen LogP contribution in [0.1, 0.15) is 31.2 Å². The molecular weight excluding hydrogens is 238 g/mol. The van der Waals surface area contributed by atoms with Crippen molar-refractivity contribution in [2.24, 2.45) is 0 Å². The van der Waals surface area contributed by atoms with Crippen molar-refractivity contribution in [1.29, 1.82) is 0 Å². The predicted octanol–water partition coefficient (Wildman–Crippen LogP) is 2.98. The lowest BCUT2D eigenvalue weighted by Crippen LogP contribution is -2.23. The summed E-state index contributed by atoms with van der Waals surface area (Å²) in [5, 5.41) is 3.25. The lowest BCUT2D eigenvalue weighted by atomic mass is 10.1. The van der Waals surface area contributed by atoms with E-state index >= 15 is 0 Å². The second kappa shape index (κ2) is 6.38. The summed E-state index contributed by atoms with van der Waals surface area (Å²) in [7, 11) is 1.96. The third kappa shape index (κ3) is 3.35. The number of hydrogen-bond acceptors (Lipinski definition) is 4. The summed E-state index contributed by atoms with van der Waals surface area (Å²) in [6, 6.07) is 8.40. The average molecular weight is 259 g/mol. The second-order valence-corrected chi connectivity index (χ2v) is 4.55. The lowest BCUT2D eigenvalue weighted by molar-refractivity contribution is 0.502. The first-order valence-electron chi connectivity index (χ1n) is 6.65. The number of hydrogen-bond donors (Lipinski definition) is 1. The van der Waals surface area contributed by atoms with Crippen LogP contribution in [0.2, 0.25) is 0 Å². The summed E-state index contributed by atoms with van der Waals surface area (Å²) in [4.78, 5) is 6.66. The van der Waals surface area contributed by atoms with Gasteiger partial charge in [-0.2, -0.15) is 0 Å². The highest BCUT2D eigenvalue weighted by molar-refractivity contribution is 5.42. The van der Waals surface area contributed by atoms with Gasteiger partial charge in [0.15, 0.2) is 0 Å². The minimum Gasteiger partial charge on any atom is -0.467 e. The summed E-state index contributed by atoms with van der Waals surface area (Å²) < 4.78 is 5.40. The highest BCUT2D eigenvalue weighted by atomic mass is 16.3. The summed E-state index contributed by atoms with van der Waals surface area (Å²) in [5.41, 5.74) is 1.24. The van der Waals surface area contributed by atoms with Crippen LogP contribution < -0.4 is 10.2 Å². The van der Waals surface area contributed by atoms with E-state index in [0.717, 1.165) is 24.7 Å². The zero-order valence-electron chi connectivity index (χ0n) is 11.8. The van der Waals surface area contributed by atoms with E-state index in [1.807, 2.05) is 31.4 Å². The molecule has 4 heteroatoms. The molecule has 0 bridgehead atoms. The van der Waals surface area contributed by atoms with E-state index in [1.165, 1.54) is 5.56 Å². The summed E-state index contributed by atoms with van der Waals surface area (Å²) in [5.74, 6) is 1.94. The Bertz CT molecular complexity index is 496. The van der Waals surface area contributed by atoms with E-state index in [4.69, 9.17) is 4.42 Å². The number of pyridine rings is 1. The molecule has 0 aliphatic heterocycles. The van der Waals surface area contributed by atoms with E-state index in [9.17, 15) is 0 Å². The Morgan fingerprint density at radius 2 is 2.26 bits per heavy atom. The summed E-state index contributed by atoms with van der Waals surface area (Å²) in [6.07, 6.45) is 3.57. The standard InChI is InChI=1S/C15H21N3O/c1-4-18(11-14-6-5-9-19-14)15-10-13(7-8-17-15)12(2)16-3/h5-10,12,16H,4,11H2,1-3H3. The van der Waals surface area contributed by atoms with Crippen molar-refractivity contribution in [1.82, 2.24) is 10.3 Å². The van der Waals surface area contributed by atoms with Gasteiger partial charge in [-0.05, 0) is 50.7 Å². The average Bonchev–Trinajstić information content (AvgIpc) is 2.97. The van der Waals surface area contributed by atoms with Gasteiger partial charge in [-0.3, -0.25) is 0 Å². The topological polar surface area (TPSA) is 41.3 Å². The fourth-order valence-corrected chi connectivity index (χ4v) is 1.99. The van der Waals surface area contributed by atoms with E-state index in [1.54, 1.807) is 6.26 Å². The number of aromatic nitrogens is 1. The predicted molar refractivity (Wildman–Crippen MR) is 77.1 cm³/mol. The van der Waals surface area contributed by atoms with Crippen LogP contribution in [0.5, 0.6) is 0 Å². The highest BCUT2D eigenvalue weighted by Gasteiger charge is 2.10. The second-order valence-electron chi connectivity index (χ2n) is 4.55. The van der Waals surface area contributed by atoms with Gasteiger partial charge in [0.05, 0.1) is 12.8 Å². The first kappa shape index (κ1) is 13.6. The fraction of sp³-hybridized carbons (Fsp3) is 0.400. The Labute approximate surface area is 114 Å². The van der Waals surface area contributed by atoms with Gasteiger partial charge >= 0.3 is 0 Å². The van der Waals surface area contributed by atoms with Gasteiger partial charge in [-0.25, -0.2) is 4.98 Å². The van der Waals surface area contributed by atoms with Gasteiger partial charge in [0, 0.05) is 18.8 Å². The van der Waals surface area contributed by atoms with Crippen LogP contribution in [0, 0.1) is 0 Å². The Morgan fingerprint density at radius 1 is 1.42 bits per heavy atom. The third-order valence-electron chi connectivity index (χ3n) is 3.34. The first-order chi connectivity index (χ1) is 9.24. The molecule has 0 saturated carbocycles. The van der Waals surface area contributed by atoms with Crippen molar-refractivity contribution in [3.63, 3.8) is 0 Å². The van der Waals surface area contributed by atoms with Crippen LogP contribution >= 0.6 is 0 Å². The molecule has 2 aromatic heterocycles. The van der Waals surface area contributed by atoms with E-state index in [0.29, 0.717) is 6.04 Å². The lowest BCUT2D eigenvalue weighted by Gasteiger charge is -2.22. The molecule has 0 saturated heterocycles. The van der Waals surface area contributed by atoms with Crippen LogP contribution in [-0.4, -0.2) is 18.6 Å². The van der Waals surface area contributed by atoms with Crippen molar-refractivity contribution in [3.8, 4) is 0 Å². The van der Waals surface area contributed by atoms with Crippen molar-refractivity contribution < 1.29 is 4.42 Å². The molecule has 1 N–H and O–H groups in total. The number of anilines is 1. The van der Waals surface area contributed by atoms with Gasteiger partial charge in [-0.15, -0.1) is 0 Å². The molecule has 102 valence electrons. The van der Waals surface area contributed by atoms with Gasteiger partial charge in [0.1, 0.15) is 11.6 Å². The maximum atomic E-state index is 5.40. The monoisotopic (exact) mass is 259 g/mol. The van der Waals surface area contributed by atoms with Gasteiger partial charge < -0.3 is 14.6 Å². The largest absolute Gasteiger partial charge is 0.467 e. The molecule has 0 amide bonds. The smallest absolute Gasteiger partial charge is 0.129 e. The molecule has 1 atom stereocenters. The Hall–Kier alpha value is -1.81. The Morgan fingerprint density at radius 3 is 2.89 bits per heavy atom. The molecule has 2 rings (SSSR count). The number of furan rings is 1. The Balaban J connectivity index is 2.18. The number of rotatable bonds is 6. The molecule has 1 unspecified atom stereocenters. The molecule has 2 aromatic rings. The van der Waals surface area contributed by atoms with Crippen molar-refractivity contribution in [2.75, 3.05) is 18.5 Å².